The number of amidine groups is 1. The van der Waals surface area contributed by atoms with Gasteiger partial charge in [0.15, 0.2) is 11.3 Å². The summed E-state index contributed by atoms with van der Waals surface area (Å²) in [5, 5.41) is 4.46. The maximum Gasteiger partial charge on any atom is 0.166 e. The van der Waals surface area contributed by atoms with Crippen molar-refractivity contribution in [3.8, 4) is 0 Å². The summed E-state index contributed by atoms with van der Waals surface area (Å²) >= 11 is 4.61. The largest absolute Gasteiger partial charge is 0.378 e. The molecular weight excluding hydrogens is 332 g/mol. The molecule has 1 atom stereocenters. The Labute approximate surface area is 153 Å². The average Bonchev–Trinajstić information content (AvgIpc) is 3.02. The lowest BCUT2D eigenvalue weighted by Crippen LogP contribution is -2.36. The summed E-state index contributed by atoms with van der Waals surface area (Å²) < 4.78 is 0. The van der Waals surface area contributed by atoms with Gasteiger partial charge in [0, 0.05) is 36.6 Å². The molecule has 25 heavy (non-hydrogen) atoms. The van der Waals surface area contributed by atoms with E-state index in [1.165, 1.54) is 0 Å². The van der Waals surface area contributed by atoms with Crippen molar-refractivity contribution < 1.29 is 4.79 Å². The van der Waals surface area contributed by atoms with E-state index in [0.717, 1.165) is 46.6 Å². The summed E-state index contributed by atoms with van der Waals surface area (Å²) in [4.78, 5) is 15.3. The Morgan fingerprint density at radius 1 is 1.28 bits per heavy atom. The summed E-state index contributed by atoms with van der Waals surface area (Å²) in [6, 6.07) is 14.0. The fraction of sp³-hybridized carbons (Fsp3) is 0.263. The van der Waals surface area contributed by atoms with E-state index in [1.807, 2.05) is 56.3 Å². The molecule has 0 radical (unpaired) electrons. The molecule has 5 nitrogen and oxygen atoms in total. The summed E-state index contributed by atoms with van der Waals surface area (Å²) in [5.41, 5.74) is 7.59. The minimum Gasteiger partial charge on any atom is -0.378 e. The highest BCUT2D eigenvalue weighted by molar-refractivity contribution is 7.81. The molecule has 0 amide bonds. The van der Waals surface area contributed by atoms with E-state index < -0.39 is 0 Å². The van der Waals surface area contributed by atoms with Crippen molar-refractivity contribution in [2.24, 2.45) is 5.10 Å². The van der Waals surface area contributed by atoms with Crippen molar-refractivity contribution >= 4 is 36.1 Å². The van der Waals surface area contributed by atoms with E-state index in [-0.39, 0.29) is 5.50 Å². The Bertz CT molecular complexity index is 819. The van der Waals surface area contributed by atoms with Crippen molar-refractivity contribution in [1.82, 2.24) is 5.43 Å². The topological polar surface area (TPSA) is 47.9 Å². The number of aldehydes is 1. The number of nitrogens with zero attached hydrogens (tertiary/aromatic N) is 3. The monoisotopic (exact) mass is 354 g/mol. The van der Waals surface area contributed by atoms with E-state index in [4.69, 9.17) is 0 Å². The normalized spacial score (nSPS) is 16.4. The molecule has 0 bridgehead atoms. The fourth-order valence-corrected chi connectivity index (χ4v) is 3.20. The van der Waals surface area contributed by atoms with Crippen LogP contribution in [-0.2, 0) is 6.42 Å². The summed E-state index contributed by atoms with van der Waals surface area (Å²) in [5.74, 6) is 0.794. The molecule has 2 aromatic carbocycles. The van der Waals surface area contributed by atoms with Crippen LogP contribution in [0.5, 0.6) is 0 Å². The molecule has 0 saturated carbocycles. The second kappa shape index (κ2) is 7.19. The van der Waals surface area contributed by atoms with Crippen LogP contribution in [0.1, 0.15) is 28.4 Å². The SMILES string of the molecule is CCc1cc(C2=NNC(S)N2c2cccc(N(C)C)c2)ccc1C=O. The predicted octanol–water partition coefficient (Wildman–Crippen LogP) is 3.11. The molecular formula is C19H22N4OS. The van der Waals surface area contributed by atoms with E-state index in [0.29, 0.717) is 0 Å². The smallest absolute Gasteiger partial charge is 0.166 e. The zero-order valence-corrected chi connectivity index (χ0v) is 15.5. The summed E-state index contributed by atoms with van der Waals surface area (Å²) in [7, 11) is 4.03. The molecule has 1 aliphatic heterocycles. The van der Waals surface area contributed by atoms with Crippen molar-refractivity contribution in [2.45, 2.75) is 18.8 Å². The Balaban J connectivity index is 2.02. The highest BCUT2D eigenvalue weighted by Gasteiger charge is 2.28. The quantitative estimate of drug-likeness (QED) is 0.640. The van der Waals surface area contributed by atoms with Gasteiger partial charge in [0.05, 0.1) is 0 Å². The number of nitrogens with one attached hydrogen (secondary N) is 1. The molecule has 1 N–H and O–H groups in total. The number of carbonyl (C=O) groups is 1. The van der Waals surface area contributed by atoms with Crippen LogP contribution >= 0.6 is 12.6 Å². The van der Waals surface area contributed by atoms with Crippen LogP contribution in [0.15, 0.2) is 47.6 Å². The minimum atomic E-state index is -0.247. The maximum absolute atomic E-state index is 11.2. The zero-order valence-electron chi connectivity index (χ0n) is 14.6. The summed E-state index contributed by atoms with van der Waals surface area (Å²) in [6.45, 7) is 2.04. The molecule has 0 aromatic heterocycles. The van der Waals surface area contributed by atoms with Crippen molar-refractivity contribution in [1.29, 1.82) is 0 Å². The van der Waals surface area contributed by atoms with Crippen LogP contribution < -0.4 is 15.2 Å². The van der Waals surface area contributed by atoms with Gasteiger partial charge in [0.2, 0.25) is 0 Å². The van der Waals surface area contributed by atoms with Crippen LogP contribution in [0, 0.1) is 0 Å². The number of hydrogen-bond acceptors (Lipinski definition) is 6. The standard InChI is InChI=1S/C19H22N4OS/c1-4-13-10-14(8-9-15(13)12-24)18-20-21-19(25)23(18)17-7-5-6-16(11-17)22(2)3/h5-12,19,21,25H,4H2,1-3H3. The molecule has 1 aliphatic rings. The third-order valence-corrected chi connectivity index (χ3v) is 4.64. The first kappa shape index (κ1) is 17.4. The van der Waals surface area contributed by atoms with Gasteiger partial charge in [-0.3, -0.25) is 15.1 Å². The van der Waals surface area contributed by atoms with Gasteiger partial charge in [0.25, 0.3) is 0 Å². The van der Waals surface area contributed by atoms with Gasteiger partial charge in [-0.15, -0.1) is 12.6 Å². The molecule has 0 aliphatic carbocycles. The number of hydrogen-bond donors (Lipinski definition) is 2. The number of benzene rings is 2. The molecule has 130 valence electrons. The lowest BCUT2D eigenvalue weighted by Gasteiger charge is -2.25. The maximum atomic E-state index is 11.2. The molecule has 0 fully saturated rings. The van der Waals surface area contributed by atoms with Gasteiger partial charge in [0.1, 0.15) is 6.29 Å². The average molecular weight is 354 g/mol. The minimum absolute atomic E-state index is 0.247. The third kappa shape index (κ3) is 3.35. The number of anilines is 2. The molecule has 2 aromatic rings. The van der Waals surface area contributed by atoms with E-state index in [9.17, 15) is 4.79 Å². The van der Waals surface area contributed by atoms with Crippen molar-refractivity contribution in [3.63, 3.8) is 0 Å². The van der Waals surface area contributed by atoms with Crippen LogP contribution in [0.3, 0.4) is 0 Å². The molecule has 0 spiro atoms. The van der Waals surface area contributed by atoms with E-state index in [1.54, 1.807) is 0 Å². The van der Waals surface area contributed by atoms with Gasteiger partial charge in [-0.1, -0.05) is 25.1 Å². The Hall–Kier alpha value is -2.47. The van der Waals surface area contributed by atoms with Gasteiger partial charge < -0.3 is 4.90 Å². The molecule has 3 rings (SSSR count). The number of hydrazone groups is 1. The molecule has 1 heterocycles. The van der Waals surface area contributed by atoms with Gasteiger partial charge >= 0.3 is 0 Å². The Morgan fingerprint density at radius 2 is 2.08 bits per heavy atom. The third-order valence-electron chi connectivity index (χ3n) is 4.29. The number of thiol groups is 1. The van der Waals surface area contributed by atoms with Crippen LogP contribution in [0.4, 0.5) is 11.4 Å². The second-order valence-corrected chi connectivity index (χ2v) is 6.60. The van der Waals surface area contributed by atoms with E-state index >= 15 is 0 Å². The van der Waals surface area contributed by atoms with E-state index in [2.05, 4.69) is 40.2 Å². The summed E-state index contributed by atoms with van der Waals surface area (Å²) in [6.07, 6.45) is 1.69. The lowest BCUT2D eigenvalue weighted by atomic mass is 10.0. The second-order valence-electron chi connectivity index (χ2n) is 6.11. The predicted molar refractivity (Wildman–Crippen MR) is 107 cm³/mol. The van der Waals surface area contributed by atoms with Gasteiger partial charge in [-0.2, -0.15) is 5.10 Å². The number of carbonyl (C=O) groups excluding carboxylic acids is 1. The lowest BCUT2D eigenvalue weighted by molar-refractivity contribution is 0.112. The van der Waals surface area contributed by atoms with Gasteiger partial charge in [-0.25, -0.2) is 0 Å². The van der Waals surface area contributed by atoms with Crippen LogP contribution in [0.2, 0.25) is 0 Å². The first-order chi connectivity index (χ1) is 12.0. The number of aryl methyl sites for hydroxylation is 1. The first-order valence-corrected chi connectivity index (χ1v) is 8.73. The fourth-order valence-electron chi connectivity index (χ4n) is 2.90. The number of rotatable bonds is 5. The molecule has 1 unspecified atom stereocenters. The first-order valence-electron chi connectivity index (χ1n) is 8.21. The zero-order chi connectivity index (χ0) is 18.0. The van der Waals surface area contributed by atoms with Crippen LogP contribution in [0.25, 0.3) is 0 Å². The molecule has 0 saturated heterocycles. The van der Waals surface area contributed by atoms with Gasteiger partial charge in [-0.05, 0) is 36.2 Å². The van der Waals surface area contributed by atoms with Crippen molar-refractivity contribution in [3.05, 3.63) is 59.2 Å². The Morgan fingerprint density at radius 3 is 2.76 bits per heavy atom. The molecule has 6 heteroatoms. The van der Waals surface area contributed by atoms with Crippen molar-refractivity contribution in [2.75, 3.05) is 23.9 Å². The highest BCUT2D eigenvalue weighted by Crippen LogP contribution is 2.28. The van der Waals surface area contributed by atoms with Crippen LogP contribution in [-0.4, -0.2) is 31.7 Å². The highest BCUT2D eigenvalue weighted by atomic mass is 32.1. The Kier molecular flexibility index (Phi) is 4.99.